The molecule has 1 N–H and O–H groups in total. The van der Waals surface area contributed by atoms with Gasteiger partial charge in [-0.1, -0.05) is 6.92 Å². The SMILES string of the molecule is Cc1nn(C)c(C)c1CC(=O)NC[C@H](C)N1CCC[C@H](C)C1. The summed E-state index contributed by atoms with van der Waals surface area (Å²) in [7, 11) is 1.92. The van der Waals surface area contributed by atoms with E-state index < -0.39 is 0 Å². The average molecular weight is 306 g/mol. The molecule has 1 aromatic heterocycles. The average Bonchev–Trinajstić information content (AvgIpc) is 2.71. The number of nitrogens with one attached hydrogen (secondary N) is 1. The summed E-state index contributed by atoms with van der Waals surface area (Å²) in [5.74, 6) is 0.865. The van der Waals surface area contributed by atoms with Gasteiger partial charge >= 0.3 is 0 Å². The van der Waals surface area contributed by atoms with Crippen molar-refractivity contribution in [2.75, 3.05) is 19.6 Å². The number of aryl methyl sites for hydroxylation is 2. The van der Waals surface area contributed by atoms with Crippen LogP contribution in [0.1, 0.15) is 43.6 Å². The molecular formula is C17H30N4O. The van der Waals surface area contributed by atoms with Gasteiger partial charge < -0.3 is 5.32 Å². The monoisotopic (exact) mass is 306 g/mol. The third-order valence-corrected chi connectivity index (χ3v) is 4.90. The number of aromatic nitrogens is 2. The van der Waals surface area contributed by atoms with Crippen LogP contribution >= 0.6 is 0 Å². The Morgan fingerprint density at radius 2 is 2.18 bits per heavy atom. The summed E-state index contributed by atoms with van der Waals surface area (Å²) in [4.78, 5) is 14.7. The fourth-order valence-corrected chi connectivity index (χ4v) is 3.31. The fourth-order valence-electron chi connectivity index (χ4n) is 3.31. The second-order valence-corrected chi connectivity index (χ2v) is 6.85. The van der Waals surface area contributed by atoms with Crippen LogP contribution in [0.5, 0.6) is 0 Å². The second kappa shape index (κ2) is 7.27. The molecule has 1 fully saturated rings. The molecule has 1 amide bonds. The lowest BCUT2D eigenvalue weighted by Gasteiger charge is -2.35. The quantitative estimate of drug-likeness (QED) is 0.903. The molecule has 2 atom stereocenters. The van der Waals surface area contributed by atoms with E-state index in [1.54, 1.807) is 0 Å². The summed E-state index contributed by atoms with van der Waals surface area (Å²) in [5, 5.41) is 7.46. The van der Waals surface area contributed by atoms with Crippen molar-refractivity contribution in [1.82, 2.24) is 20.0 Å². The Morgan fingerprint density at radius 1 is 1.45 bits per heavy atom. The molecule has 1 aliphatic heterocycles. The zero-order valence-electron chi connectivity index (χ0n) is 14.6. The molecule has 0 aromatic carbocycles. The van der Waals surface area contributed by atoms with E-state index in [9.17, 15) is 4.79 Å². The molecule has 0 spiro atoms. The number of hydrogen-bond acceptors (Lipinski definition) is 3. The first kappa shape index (κ1) is 17.0. The van der Waals surface area contributed by atoms with E-state index in [4.69, 9.17) is 0 Å². The van der Waals surface area contributed by atoms with Gasteiger partial charge in [0.15, 0.2) is 0 Å². The predicted octanol–water partition coefficient (Wildman–Crippen LogP) is 1.82. The topological polar surface area (TPSA) is 50.2 Å². The lowest BCUT2D eigenvalue weighted by molar-refractivity contribution is -0.120. The summed E-state index contributed by atoms with van der Waals surface area (Å²) in [6, 6.07) is 0.405. The van der Waals surface area contributed by atoms with Crippen LogP contribution in [0.2, 0.25) is 0 Å². The number of nitrogens with zero attached hydrogens (tertiary/aromatic N) is 3. The summed E-state index contributed by atoms with van der Waals surface area (Å²) < 4.78 is 1.84. The van der Waals surface area contributed by atoms with E-state index in [-0.39, 0.29) is 5.91 Å². The normalized spacial score (nSPS) is 20.9. The third kappa shape index (κ3) is 4.09. The number of hydrogen-bond donors (Lipinski definition) is 1. The summed E-state index contributed by atoms with van der Waals surface area (Å²) in [6.07, 6.45) is 3.03. The van der Waals surface area contributed by atoms with Crippen LogP contribution < -0.4 is 5.32 Å². The van der Waals surface area contributed by atoms with Gasteiger partial charge in [0.05, 0.1) is 12.1 Å². The highest BCUT2D eigenvalue weighted by Crippen LogP contribution is 2.17. The maximum absolute atomic E-state index is 12.2. The minimum atomic E-state index is 0.0936. The van der Waals surface area contributed by atoms with E-state index in [2.05, 4.69) is 29.2 Å². The van der Waals surface area contributed by atoms with E-state index in [1.807, 2.05) is 25.6 Å². The second-order valence-electron chi connectivity index (χ2n) is 6.85. The van der Waals surface area contributed by atoms with E-state index in [0.717, 1.165) is 42.5 Å². The highest BCUT2D eigenvalue weighted by molar-refractivity contribution is 5.79. The van der Waals surface area contributed by atoms with Crippen molar-refractivity contribution < 1.29 is 4.79 Å². The molecular weight excluding hydrogens is 276 g/mol. The molecule has 0 saturated carbocycles. The Balaban J connectivity index is 1.82. The Hall–Kier alpha value is -1.36. The number of amides is 1. The molecule has 1 aromatic rings. The molecule has 0 unspecified atom stereocenters. The van der Waals surface area contributed by atoms with Gasteiger partial charge in [0.1, 0.15) is 0 Å². The molecule has 1 saturated heterocycles. The number of piperidine rings is 1. The maximum atomic E-state index is 12.2. The minimum absolute atomic E-state index is 0.0936. The van der Waals surface area contributed by atoms with Gasteiger partial charge in [0.2, 0.25) is 5.91 Å². The number of likely N-dealkylation sites (tertiary alicyclic amines) is 1. The molecule has 0 aliphatic carbocycles. The van der Waals surface area contributed by atoms with Crippen molar-refractivity contribution in [2.45, 2.75) is 53.0 Å². The van der Waals surface area contributed by atoms with Gasteiger partial charge in [-0.15, -0.1) is 0 Å². The first-order valence-electron chi connectivity index (χ1n) is 8.38. The van der Waals surface area contributed by atoms with Crippen LogP contribution in [0.4, 0.5) is 0 Å². The van der Waals surface area contributed by atoms with Crippen LogP contribution in [-0.2, 0) is 18.3 Å². The highest BCUT2D eigenvalue weighted by Gasteiger charge is 2.21. The van der Waals surface area contributed by atoms with Crippen LogP contribution in [0.3, 0.4) is 0 Å². The molecule has 0 radical (unpaired) electrons. The van der Waals surface area contributed by atoms with Gasteiger partial charge in [-0.25, -0.2) is 0 Å². The molecule has 2 rings (SSSR count). The van der Waals surface area contributed by atoms with Crippen LogP contribution in [0.25, 0.3) is 0 Å². The maximum Gasteiger partial charge on any atom is 0.224 e. The lowest BCUT2D eigenvalue weighted by atomic mass is 9.99. The van der Waals surface area contributed by atoms with Gasteiger partial charge in [0.25, 0.3) is 0 Å². The van der Waals surface area contributed by atoms with Crippen molar-refractivity contribution in [2.24, 2.45) is 13.0 Å². The highest BCUT2D eigenvalue weighted by atomic mass is 16.1. The Labute approximate surface area is 134 Å². The Kier molecular flexibility index (Phi) is 5.62. The minimum Gasteiger partial charge on any atom is -0.354 e. The van der Waals surface area contributed by atoms with Gasteiger partial charge in [-0.3, -0.25) is 14.4 Å². The zero-order valence-corrected chi connectivity index (χ0v) is 14.6. The Bertz CT molecular complexity index is 523. The number of carbonyl (C=O) groups excluding carboxylic acids is 1. The lowest BCUT2D eigenvalue weighted by Crippen LogP contribution is -2.46. The molecule has 2 heterocycles. The largest absolute Gasteiger partial charge is 0.354 e. The van der Waals surface area contributed by atoms with Gasteiger partial charge in [0, 0.05) is 37.4 Å². The van der Waals surface area contributed by atoms with E-state index >= 15 is 0 Å². The molecule has 0 bridgehead atoms. The third-order valence-electron chi connectivity index (χ3n) is 4.90. The summed E-state index contributed by atoms with van der Waals surface area (Å²) in [6.45, 7) is 11.5. The number of rotatable bonds is 5. The van der Waals surface area contributed by atoms with E-state index in [0.29, 0.717) is 12.5 Å². The van der Waals surface area contributed by atoms with Gasteiger partial charge in [-0.2, -0.15) is 5.10 Å². The van der Waals surface area contributed by atoms with E-state index in [1.165, 1.54) is 12.8 Å². The van der Waals surface area contributed by atoms with Crippen molar-refractivity contribution in [3.63, 3.8) is 0 Å². The first-order valence-corrected chi connectivity index (χ1v) is 8.38. The van der Waals surface area contributed by atoms with Crippen LogP contribution in [0, 0.1) is 19.8 Å². The van der Waals surface area contributed by atoms with Crippen LogP contribution in [0.15, 0.2) is 0 Å². The number of carbonyl (C=O) groups is 1. The molecule has 5 heteroatoms. The first-order chi connectivity index (χ1) is 10.4. The summed E-state index contributed by atoms with van der Waals surface area (Å²) in [5.41, 5.74) is 3.08. The molecule has 5 nitrogen and oxygen atoms in total. The van der Waals surface area contributed by atoms with Crippen molar-refractivity contribution >= 4 is 5.91 Å². The smallest absolute Gasteiger partial charge is 0.224 e. The van der Waals surface area contributed by atoms with Gasteiger partial charge in [-0.05, 0) is 46.1 Å². The molecule has 124 valence electrons. The van der Waals surface area contributed by atoms with Crippen molar-refractivity contribution in [1.29, 1.82) is 0 Å². The van der Waals surface area contributed by atoms with Crippen LogP contribution in [-0.4, -0.2) is 46.3 Å². The molecule has 1 aliphatic rings. The Morgan fingerprint density at radius 3 is 2.77 bits per heavy atom. The standard InChI is InChI=1S/C17H30N4O/c1-12-7-6-8-21(11-12)13(2)10-18-17(22)9-16-14(3)19-20(5)15(16)4/h12-13H,6-11H2,1-5H3,(H,18,22)/t12-,13-/m0/s1. The van der Waals surface area contributed by atoms with Crippen molar-refractivity contribution in [3.05, 3.63) is 17.0 Å². The fraction of sp³-hybridized carbons (Fsp3) is 0.765. The predicted molar refractivity (Wildman–Crippen MR) is 88.8 cm³/mol. The summed E-state index contributed by atoms with van der Waals surface area (Å²) >= 11 is 0. The zero-order chi connectivity index (χ0) is 16.3. The molecule has 22 heavy (non-hydrogen) atoms. The van der Waals surface area contributed by atoms with Crippen molar-refractivity contribution in [3.8, 4) is 0 Å².